The highest BCUT2D eigenvalue weighted by molar-refractivity contribution is 6.10. The maximum absolute atomic E-state index is 12.8. The van der Waals surface area contributed by atoms with Crippen LogP contribution in [0, 0.1) is 0 Å². The van der Waals surface area contributed by atoms with Crippen molar-refractivity contribution in [2.75, 3.05) is 10.8 Å². The Bertz CT molecular complexity index is 1710. The number of aromatic carboxylic acids is 2. The molecule has 6 N–H and O–H groups in total. The number of carboxylic acid groups (broad SMARTS) is 2. The van der Waals surface area contributed by atoms with E-state index in [0.717, 1.165) is 0 Å². The van der Waals surface area contributed by atoms with E-state index in [2.05, 4.69) is 27.2 Å². The molecule has 46 heavy (non-hydrogen) atoms. The molecule has 0 fully saturated rings. The third kappa shape index (κ3) is 9.12. The van der Waals surface area contributed by atoms with Crippen LogP contribution in [0.4, 0.5) is 11.4 Å². The second-order valence-corrected chi connectivity index (χ2v) is 9.49. The van der Waals surface area contributed by atoms with Gasteiger partial charge in [-0.3, -0.25) is 25.6 Å². The third-order valence-corrected chi connectivity index (χ3v) is 6.31. The summed E-state index contributed by atoms with van der Waals surface area (Å²) in [5.74, 6) is -2.34. The highest BCUT2D eigenvalue weighted by atomic mass is 17.1. The molecule has 0 atom stereocenters. The van der Waals surface area contributed by atoms with E-state index in [1.807, 2.05) is 0 Å². The molecule has 238 valence electrons. The average molecular weight is 633 g/mol. The molecule has 14 nitrogen and oxygen atoms in total. The second-order valence-electron chi connectivity index (χ2n) is 9.49. The fourth-order valence-corrected chi connectivity index (χ4v) is 4.11. The predicted octanol–water partition coefficient (Wildman–Crippen LogP) is 5.79. The number of carboxylic acids is 2. The standard InChI is InChI=1S/C32H28N2O12/c1-19(45-26-9-5-24(6-10-26)33-30(35)29-14-20(16-43-40)2-13-28(29)32(38)39)46-27-11-7-25(8-12-27)34-42-17-23-15-21(31(36)37)3-4-22(23)18-44-41/h2-15,34,40-41H,1,16-18H2,(H,33,35)(H,36,37)(H,38,39). The van der Waals surface area contributed by atoms with Gasteiger partial charge in [0.25, 0.3) is 11.9 Å². The van der Waals surface area contributed by atoms with Gasteiger partial charge in [-0.15, -0.1) is 0 Å². The molecule has 4 aromatic carbocycles. The molecule has 0 unspecified atom stereocenters. The largest absolute Gasteiger partial charge is 0.478 e. The number of amides is 1. The molecular formula is C32H28N2O12. The molecular weight excluding hydrogens is 604 g/mol. The molecule has 0 saturated heterocycles. The summed E-state index contributed by atoms with van der Waals surface area (Å²) in [5.41, 5.74) is 4.89. The summed E-state index contributed by atoms with van der Waals surface area (Å²) in [7, 11) is 0. The first kappa shape index (κ1) is 33.1. The number of hydrogen-bond donors (Lipinski definition) is 6. The normalized spacial score (nSPS) is 10.6. The first-order valence-electron chi connectivity index (χ1n) is 13.3. The van der Waals surface area contributed by atoms with Crippen LogP contribution in [0.25, 0.3) is 0 Å². The van der Waals surface area contributed by atoms with Gasteiger partial charge in [-0.25, -0.2) is 19.4 Å². The van der Waals surface area contributed by atoms with Crippen molar-refractivity contribution in [3.8, 4) is 11.5 Å². The fourth-order valence-electron chi connectivity index (χ4n) is 4.11. The van der Waals surface area contributed by atoms with E-state index >= 15 is 0 Å². The zero-order valence-corrected chi connectivity index (χ0v) is 24.0. The Labute approximate surface area is 261 Å². The molecule has 4 rings (SSSR count). The Kier molecular flexibility index (Phi) is 11.4. The molecule has 0 aromatic heterocycles. The summed E-state index contributed by atoms with van der Waals surface area (Å²) in [6, 6.07) is 21.1. The minimum Gasteiger partial charge on any atom is -0.478 e. The van der Waals surface area contributed by atoms with E-state index in [1.54, 1.807) is 48.5 Å². The highest BCUT2D eigenvalue weighted by Gasteiger charge is 2.18. The van der Waals surface area contributed by atoms with Crippen LogP contribution in [-0.4, -0.2) is 38.6 Å². The monoisotopic (exact) mass is 632 g/mol. The molecule has 0 aliphatic rings. The van der Waals surface area contributed by atoms with Gasteiger partial charge in [0.05, 0.1) is 22.4 Å². The number of nitrogens with one attached hydrogen (secondary N) is 2. The first-order valence-corrected chi connectivity index (χ1v) is 13.3. The Morgan fingerprint density at radius 1 is 0.652 bits per heavy atom. The van der Waals surface area contributed by atoms with Crippen molar-refractivity contribution in [2.24, 2.45) is 0 Å². The molecule has 0 saturated carbocycles. The Morgan fingerprint density at radius 2 is 1.28 bits per heavy atom. The van der Waals surface area contributed by atoms with Gasteiger partial charge in [-0.05, 0) is 96.1 Å². The van der Waals surface area contributed by atoms with E-state index in [9.17, 15) is 24.6 Å². The van der Waals surface area contributed by atoms with Crippen molar-refractivity contribution >= 4 is 29.2 Å². The van der Waals surface area contributed by atoms with Crippen LogP contribution >= 0.6 is 0 Å². The minimum absolute atomic E-state index is 0.0121. The maximum atomic E-state index is 12.8. The molecule has 4 aromatic rings. The zero-order chi connectivity index (χ0) is 33.1. The molecule has 1 amide bonds. The summed E-state index contributed by atoms with van der Waals surface area (Å²) in [4.78, 5) is 49.4. The third-order valence-electron chi connectivity index (χ3n) is 6.31. The van der Waals surface area contributed by atoms with Gasteiger partial charge in [0.1, 0.15) is 31.3 Å². The average Bonchev–Trinajstić information content (AvgIpc) is 3.03. The number of carbonyl (C=O) groups excluding carboxylic acids is 1. The number of ether oxygens (including phenoxy) is 2. The molecule has 0 aliphatic heterocycles. The van der Waals surface area contributed by atoms with Crippen LogP contribution in [0.5, 0.6) is 11.5 Å². The van der Waals surface area contributed by atoms with Gasteiger partial charge in [0.2, 0.25) is 0 Å². The SMILES string of the molecule is C=C(Oc1ccc(NOCc2cc(C(=O)O)ccc2COO)cc1)Oc1ccc(NC(=O)c2cc(COO)ccc2C(=O)O)cc1. The lowest BCUT2D eigenvalue weighted by Gasteiger charge is -2.13. The topological polar surface area (TPSA) is 202 Å². The lowest BCUT2D eigenvalue weighted by Crippen LogP contribution is -2.17. The van der Waals surface area contributed by atoms with Crippen molar-refractivity contribution in [3.05, 3.63) is 131 Å². The molecule has 0 bridgehead atoms. The van der Waals surface area contributed by atoms with Crippen LogP contribution in [0.1, 0.15) is 47.8 Å². The summed E-state index contributed by atoms with van der Waals surface area (Å²) < 4.78 is 11.2. The van der Waals surface area contributed by atoms with Gasteiger partial charge in [-0.2, -0.15) is 0 Å². The second kappa shape index (κ2) is 15.8. The van der Waals surface area contributed by atoms with E-state index in [-0.39, 0.29) is 42.5 Å². The Hall–Kier alpha value is -5.77. The number of carbonyl (C=O) groups is 3. The maximum Gasteiger partial charge on any atom is 0.336 e. The van der Waals surface area contributed by atoms with Crippen LogP contribution in [0.3, 0.4) is 0 Å². The smallest absolute Gasteiger partial charge is 0.336 e. The number of benzene rings is 4. The first-order chi connectivity index (χ1) is 22.2. The van der Waals surface area contributed by atoms with Crippen molar-refractivity contribution < 1.29 is 59.2 Å². The summed E-state index contributed by atoms with van der Waals surface area (Å²) in [6.07, 6.45) is 0. The van der Waals surface area contributed by atoms with Gasteiger partial charge >= 0.3 is 11.9 Å². The van der Waals surface area contributed by atoms with Gasteiger partial charge in [0, 0.05) is 5.69 Å². The van der Waals surface area contributed by atoms with E-state index < -0.39 is 17.8 Å². The number of anilines is 2. The van der Waals surface area contributed by atoms with E-state index in [4.69, 9.17) is 24.8 Å². The van der Waals surface area contributed by atoms with Gasteiger partial charge < -0.3 is 25.0 Å². The predicted molar refractivity (Wildman–Crippen MR) is 161 cm³/mol. The minimum atomic E-state index is -1.28. The van der Waals surface area contributed by atoms with Crippen molar-refractivity contribution in [3.63, 3.8) is 0 Å². The number of hydrogen-bond acceptors (Lipinski definition) is 11. The van der Waals surface area contributed by atoms with Crippen LogP contribution in [0.15, 0.2) is 97.5 Å². The lowest BCUT2D eigenvalue weighted by molar-refractivity contribution is -0.253. The molecule has 0 spiro atoms. The molecule has 0 radical (unpaired) electrons. The molecule has 0 aliphatic carbocycles. The van der Waals surface area contributed by atoms with Gasteiger partial charge in [-0.1, -0.05) is 12.1 Å². The summed E-state index contributed by atoms with van der Waals surface area (Å²) in [6.45, 7) is 3.38. The van der Waals surface area contributed by atoms with Crippen molar-refractivity contribution in [2.45, 2.75) is 19.8 Å². The van der Waals surface area contributed by atoms with E-state index in [1.165, 1.54) is 36.4 Å². The van der Waals surface area contributed by atoms with Crippen molar-refractivity contribution in [1.29, 1.82) is 0 Å². The molecule has 14 heteroatoms. The summed E-state index contributed by atoms with van der Waals surface area (Å²) >= 11 is 0. The van der Waals surface area contributed by atoms with Crippen LogP contribution in [-0.2, 0) is 34.4 Å². The van der Waals surface area contributed by atoms with Crippen LogP contribution < -0.4 is 20.3 Å². The Morgan fingerprint density at radius 3 is 1.87 bits per heavy atom. The zero-order valence-electron chi connectivity index (χ0n) is 24.0. The quantitative estimate of drug-likeness (QED) is 0.0493. The summed E-state index contributed by atoms with van der Waals surface area (Å²) in [5, 5.41) is 38.7. The molecule has 0 heterocycles. The van der Waals surface area contributed by atoms with Gasteiger partial charge in [0.15, 0.2) is 0 Å². The highest BCUT2D eigenvalue weighted by Crippen LogP contribution is 2.23. The van der Waals surface area contributed by atoms with E-state index in [0.29, 0.717) is 39.6 Å². The fraction of sp³-hybridized carbons (Fsp3) is 0.0938. The van der Waals surface area contributed by atoms with Crippen LogP contribution in [0.2, 0.25) is 0 Å². The van der Waals surface area contributed by atoms with Crippen molar-refractivity contribution in [1.82, 2.24) is 0 Å². The number of rotatable bonds is 16. The Balaban J connectivity index is 1.28. The lowest BCUT2D eigenvalue weighted by atomic mass is 10.0.